The molecular formula is C28H23Cl2F2N5O2. The number of hydrogen-bond donors (Lipinski definition) is 2. The summed E-state index contributed by atoms with van der Waals surface area (Å²) in [5.41, 5.74) is 8.23. The van der Waals surface area contributed by atoms with E-state index in [1.807, 2.05) is 0 Å². The van der Waals surface area contributed by atoms with Gasteiger partial charge >= 0.3 is 0 Å². The number of para-hydroxylation sites is 1. The maximum atomic E-state index is 14.8. The zero-order valence-electron chi connectivity index (χ0n) is 20.5. The summed E-state index contributed by atoms with van der Waals surface area (Å²) >= 11 is 11.9. The van der Waals surface area contributed by atoms with Crippen molar-refractivity contribution >= 4 is 45.7 Å². The monoisotopic (exact) mass is 569 g/mol. The molecule has 1 unspecified atom stereocenters. The molecule has 0 aliphatic carbocycles. The lowest BCUT2D eigenvalue weighted by Gasteiger charge is -2.32. The van der Waals surface area contributed by atoms with E-state index in [1.54, 1.807) is 36.4 Å². The molecule has 0 spiro atoms. The van der Waals surface area contributed by atoms with E-state index in [0.717, 1.165) is 12.1 Å². The minimum atomic E-state index is -1.14. The molecule has 0 aliphatic rings. The number of amides is 1. The molecule has 39 heavy (non-hydrogen) atoms. The number of fused-ring (bicyclic) bond motifs is 1. The van der Waals surface area contributed by atoms with E-state index in [-0.39, 0.29) is 47.7 Å². The summed E-state index contributed by atoms with van der Waals surface area (Å²) in [6, 6.07) is 14.0. The maximum absolute atomic E-state index is 14.8. The highest BCUT2D eigenvalue weighted by atomic mass is 35.5. The number of nitrogens with two attached hydrogens (primary N) is 1. The van der Waals surface area contributed by atoms with Gasteiger partial charge in [-0.25, -0.2) is 18.4 Å². The van der Waals surface area contributed by atoms with E-state index in [0.29, 0.717) is 10.7 Å². The summed E-state index contributed by atoms with van der Waals surface area (Å²) in [5.74, 6) is -0.742. The molecule has 1 heterocycles. The summed E-state index contributed by atoms with van der Waals surface area (Å²) in [7, 11) is 0. The summed E-state index contributed by atoms with van der Waals surface area (Å²) < 4.78 is 30.9. The SMILES string of the molecule is C#CCC(c1nc2cc(Cl)ccc2c(=O)n1Nc1ccccc1)N(CCCN)C(=O)c1c(F)cc(Cl)cc1F. The van der Waals surface area contributed by atoms with Gasteiger partial charge in [-0.1, -0.05) is 41.4 Å². The first-order chi connectivity index (χ1) is 18.7. The van der Waals surface area contributed by atoms with Crippen molar-refractivity contribution < 1.29 is 13.6 Å². The van der Waals surface area contributed by atoms with Crippen molar-refractivity contribution in [1.29, 1.82) is 0 Å². The second-order valence-corrected chi connectivity index (χ2v) is 9.43. The van der Waals surface area contributed by atoms with Gasteiger partial charge in [-0.15, -0.1) is 12.3 Å². The number of nitrogens with zero attached hydrogens (tertiary/aromatic N) is 3. The van der Waals surface area contributed by atoms with Gasteiger partial charge in [-0.2, -0.15) is 0 Å². The minimum Gasteiger partial charge on any atom is -0.330 e. The van der Waals surface area contributed by atoms with Crippen LogP contribution in [-0.2, 0) is 0 Å². The van der Waals surface area contributed by atoms with Crippen LogP contribution in [0.25, 0.3) is 10.9 Å². The van der Waals surface area contributed by atoms with Crippen LogP contribution < -0.4 is 16.7 Å². The summed E-state index contributed by atoms with van der Waals surface area (Å²) in [6.45, 7) is 0.145. The highest BCUT2D eigenvalue weighted by Crippen LogP contribution is 2.29. The number of carbonyl (C=O) groups is 1. The van der Waals surface area contributed by atoms with Gasteiger partial charge in [0.05, 0.1) is 16.6 Å². The van der Waals surface area contributed by atoms with Crippen molar-refractivity contribution in [3.05, 3.63) is 104 Å². The average molecular weight is 570 g/mol. The Kier molecular flexibility index (Phi) is 8.82. The molecule has 200 valence electrons. The largest absolute Gasteiger partial charge is 0.330 e. The van der Waals surface area contributed by atoms with E-state index in [4.69, 9.17) is 35.4 Å². The predicted molar refractivity (Wildman–Crippen MR) is 149 cm³/mol. The number of hydrogen-bond acceptors (Lipinski definition) is 5. The van der Waals surface area contributed by atoms with Crippen LogP contribution in [0.5, 0.6) is 0 Å². The van der Waals surface area contributed by atoms with Gasteiger partial charge in [0.15, 0.2) is 5.82 Å². The van der Waals surface area contributed by atoms with Gasteiger partial charge in [-0.05, 0) is 55.4 Å². The van der Waals surface area contributed by atoms with E-state index >= 15 is 0 Å². The van der Waals surface area contributed by atoms with Crippen LogP contribution in [0.2, 0.25) is 10.0 Å². The second-order valence-electron chi connectivity index (χ2n) is 8.56. The first-order valence-corrected chi connectivity index (χ1v) is 12.6. The molecule has 3 aromatic carbocycles. The van der Waals surface area contributed by atoms with Crippen molar-refractivity contribution in [1.82, 2.24) is 14.6 Å². The molecule has 1 atom stereocenters. The lowest BCUT2D eigenvalue weighted by atomic mass is 10.1. The van der Waals surface area contributed by atoms with Crippen LogP contribution in [-0.4, -0.2) is 33.6 Å². The summed E-state index contributed by atoms with van der Waals surface area (Å²) in [6.07, 6.45) is 5.83. The molecule has 4 rings (SSSR count). The third-order valence-corrected chi connectivity index (χ3v) is 6.40. The first-order valence-electron chi connectivity index (χ1n) is 11.9. The molecular weight excluding hydrogens is 547 g/mol. The zero-order chi connectivity index (χ0) is 28.1. The van der Waals surface area contributed by atoms with Crippen LogP contribution in [0.15, 0.2) is 65.5 Å². The first kappa shape index (κ1) is 28.0. The van der Waals surface area contributed by atoms with E-state index < -0.39 is 34.7 Å². The zero-order valence-corrected chi connectivity index (χ0v) is 22.0. The Balaban J connectivity index is 1.96. The Morgan fingerprint density at radius 1 is 1.10 bits per heavy atom. The fraction of sp³-hybridized carbons (Fsp3) is 0.179. The van der Waals surface area contributed by atoms with Gasteiger partial charge < -0.3 is 10.6 Å². The Bertz CT molecular complexity index is 1600. The highest BCUT2D eigenvalue weighted by molar-refractivity contribution is 6.31. The lowest BCUT2D eigenvalue weighted by Crippen LogP contribution is -2.42. The van der Waals surface area contributed by atoms with E-state index in [9.17, 15) is 18.4 Å². The van der Waals surface area contributed by atoms with Gasteiger partial charge in [0.1, 0.15) is 23.2 Å². The summed E-state index contributed by atoms with van der Waals surface area (Å²) in [4.78, 5) is 33.2. The van der Waals surface area contributed by atoms with Crippen molar-refractivity contribution in [3.63, 3.8) is 0 Å². The molecule has 11 heteroatoms. The molecule has 4 aromatic rings. The Morgan fingerprint density at radius 3 is 2.44 bits per heavy atom. The van der Waals surface area contributed by atoms with Crippen LogP contribution in [0.1, 0.15) is 35.1 Å². The molecule has 1 amide bonds. The number of aromatic nitrogens is 2. The second kappa shape index (κ2) is 12.3. The number of rotatable bonds is 9. The fourth-order valence-corrected chi connectivity index (χ4v) is 4.51. The number of halogens is 4. The minimum absolute atomic E-state index is 0.0298. The molecule has 0 radical (unpaired) electrons. The molecule has 3 N–H and O–H groups in total. The van der Waals surface area contributed by atoms with Crippen LogP contribution >= 0.6 is 23.2 Å². The molecule has 0 bridgehead atoms. The molecule has 0 aliphatic heterocycles. The van der Waals surface area contributed by atoms with E-state index in [2.05, 4.69) is 16.3 Å². The van der Waals surface area contributed by atoms with Crippen molar-refractivity contribution in [2.24, 2.45) is 5.73 Å². The number of carbonyl (C=O) groups excluding carboxylic acids is 1. The summed E-state index contributed by atoms with van der Waals surface area (Å²) in [5, 5.41) is 0.383. The average Bonchev–Trinajstić information content (AvgIpc) is 2.89. The molecule has 0 saturated carbocycles. The van der Waals surface area contributed by atoms with Gasteiger partial charge in [0.2, 0.25) is 0 Å². The van der Waals surface area contributed by atoms with Crippen LogP contribution in [0, 0.1) is 24.0 Å². The third kappa shape index (κ3) is 6.04. The number of terminal acetylenes is 1. The van der Waals surface area contributed by atoms with Crippen LogP contribution in [0.4, 0.5) is 14.5 Å². The third-order valence-electron chi connectivity index (χ3n) is 5.94. The fourth-order valence-electron chi connectivity index (χ4n) is 4.15. The van der Waals surface area contributed by atoms with Crippen molar-refractivity contribution in [3.8, 4) is 12.3 Å². The number of anilines is 1. The lowest BCUT2D eigenvalue weighted by molar-refractivity contribution is 0.0656. The van der Waals surface area contributed by atoms with Crippen molar-refractivity contribution in [2.45, 2.75) is 18.9 Å². The highest BCUT2D eigenvalue weighted by Gasteiger charge is 2.33. The molecule has 1 aromatic heterocycles. The van der Waals surface area contributed by atoms with Crippen molar-refractivity contribution in [2.75, 3.05) is 18.5 Å². The molecule has 0 fully saturated rings. The van der Waals surface area contributed by atoms with Gasteiger partial charge in [0, 0.05) is 23.0 Å². The Morgan fingerprint density at radius 2 is 1.79 bits per heavy atom. The van der Waals surface area contributed by atoms with Gasteiger partial charge in [-0.3, -0.25) is 15.0 Å². The Labute approximate surface area is 233 Å². The number of benzene rings is 3. The standard InChI is InChI=1S/C28H23Cl2F2N5O2/c1-2-7-24(36(13-6-12-33)28(39)25-21(31)14-18(30)15-22(25)32)26-34-23-16-17(29)10-11-20(23)27(38)37(26)35-19-8-4-3-5-9-19/h1,3-5,8-11,14-16,24,35H,6-7,12-13,33H2. The maximum Gasteiger partial charge on any atom is 0.280 e. The van der Waals surface area contributed by atoms with Gasteiger partial charge in [0.25, 0.3) is 11.5 Å². The quantitative estimate of drug-likeness (QED) is 0.263. The normalized spacial score (nSPS) is 11.7. The molecule has 0 saturated heterocycles. The Hall–Kier alpha value is -3.97. The topological polar surface area (TPSA) is 93.2 Å². The van der Waals surface area contributed by atoms with Crippen LogP contribution in [0.3, 0.4) is 0 Å². The smallest absolute Gasteiger partial charge is 0.280 e. The van der Waals surface area contributed by atoms with E-state index in [1.165, 1.54) is 21.7 Å². The predicted octanol–water partition coefficient (Wildman–Crippen LogP) is 5.41. The number of nitrogens with one attached hydrogen (secondary N) is 1. The molecule has 7 nitrogen and oxygen atoms in total.